The number of benzene rings is 2. The number of phenolic OH excluding ortho intramolecular Hbond substituents is 1. The van der Waals surface area contributed by atoms with Gasteiger partial charge in [-0.05, 0) is 54.2 Å². The molecule has 0 fully saturated rings. The molecule has 0 saturated carbocycles. The summed E-state index contributed by atoms with van der Waals surface area (Å²) in [6.07, 6.45) is 0. The lowest BCUT2D eigenvalue weighted by Gasteiger charge is -2.18. The smallest absolute Gasteiger partial charge is 0.261 e. The average molecular weight is 347 g/mol. The van der Waals surface area contributed by atoms with Crippen molar-refractivity contribution < 1.29 is 13.5 Å². The van der Waals surface area contributed by atoms with Gasteiger partial charge in [-0.1, -0.05) is 45.4 Å². The number of rotatable bonds is 5. The van der Waals surface area contributed by atoms with Crippen LogP contribution in [0.1, 0.15) is 56.2 Å². The van der Waals surface area contributed by atoms with Gasteiger partial charge in [0.15, 0.2) is 0 Å². The summed E-state index contributed by atoms with van der Waals surface area (Å²) in [5.74, 6) is 0.427. The lowest BCUT2D eigenvalue weighted by Crippen LogP contribution is -2.13. The third-order valence-corrected chi connectivity index (χ3v) is 5.39. The van der Waals surface area contributed by atoms with Crippen LogP contribution >= 0.6 is 0 Å². The number of hydrogen-bond acceptors (Lipinski definition) is 3. The largest absolute Gasteiger partial charge is 0.507 e. The molecule has 24 heavy (non-hydrogen) atoms. The first kappa shape index (κ1) is 18.3. The highest BCUT2D eigenvalue weighted by Crippen LogP contribution is 2.36. The van der Waals surface area contributed by atoms with E-state index in [0.717, 1.165) is 16.7 Å². The molecule has 0 heterocycles. The van der Waals surface area contributed by atoms with Crippen LogP contribution in [0.4, 0.5) is 5.69 Å². The fourth-order valence-electron chi connectivity index (χ4n) is 2.55. The van der Waals surface area contributed by atoms with Crippen LogP contribution in [0.3, 0.4) is 0 Å². The van der Waals surface area contributed by atoms with Gasteiger partial charge in [0.25, 0.3) is 10.0 Å². The van der Waals surface area contributed by atoms with Crippen molar-refractivity contribution in [3.05, 3.63) is 53.1 Å². The molecule has 0 unspecified atom stereocenters. The van der Waals surface area contributed by atoms with E-state index < -0.39 is 10.0 Å². The first-order valence-electron chi connectivity index (χ1n) is 8.08. The van der Waals surface area contributed by atoms with Gasteiger partial charge in [-0.15, -0.1) is 0 Å². The van der Waals surface area contributed by atoms with Gasteiger partial charge in [0.05, 0.1) is 4.90 Å². The molecule has 130 valence electrons. The van der Waals surface area contributed by atoms with E-state index >= 15 is 0 Å². The maximum Gasteiger partial charge on any atom is 0.261 e. The highest BCUT2D eigenvalue weighted by molar-refractivity contribution is 7.92. The molecule has 0 aromatic heterocycles. The zero-order chi connectivity index (χ0) is 18.1. The standard InChI is InChI=1S/C19H25NO3S/c1-12(2)17-10-15(11-18(13(3)4)19(17)21)20-24(22,23)16-8-6-14(5)7-9-16/h6-13,20-21H,1-5H3. The van der Waals surface area contributed by atoms with Gasteiger partial charge in [-0.3, -0.25) is 4.72 Å². The number of aryl methyl sites for hydroxylation is 1. The Morgan fingerprint density at radius 2 is 1.38 bits per heavy atom. The molecule has 2 aromatic carbocycles. The van der Waals surface area contributed by atoms with Crippen molar-refractivity contribution in [2.24, 2.45) is 0 Å². The minimum Gasteiger partial charge on any atom is -0.507 e. The van der Waals surface area contributed by atoms with Gasteiger partial charge in [-0.2, -0.15) is 0 Å². The molecule has 0 aliphatic carbocycles. The number of hydrogen-bond donors (Lipinski definition) is 2. The van der Waals surface area contributed by atoms with Crippen molar-refractivity contribution in [2.45, 2.75) is 51.3 Å². The minimum absolute atomic E-state index is 0.0892. The normalized spacial score (nSPS) is 12.0. The SMILES string of the molecule is Cc1ccc(S(=O)(=O)Nc2cc(C(C)C)c(O)c(C(C)C)c2)cc1. The summed E-state index contributed by atoms with van der Waals surface area (Å²) in [4.78, 5) is 0.221. The molecule has 0 saturated heterocycles. The second-order valence-corrected chi connectivity index (χ2v) is 8.41. The number of sulfonamides is 1. The van der Waals surface area contributed by atoms with Gasteiger partial charge in [0, 0.05) is 5.69 Å². The Hall–Kier alpha value is -2.01. The predicted molar refractivity (Wildman–Crippen MR) is 98.3 cm³/mol. The molecular formula is C19H25NO3S. The Balaban J connectivity index is 2.47. The monoisotopic (exact) mass is 347 g/mol. The van der Waals surface area contributed by atoms with Gasteiger partial charge < -0.3 is 5.11 Å². The first-order chi connectivity index (χ1) is 11.1. The summed E-state index contributed by atoms with van der Waals surface area (Å²) in [7, 11) is -3.66. The van der Waals surface area contributed by atoms with E-state index in [4.69, 9.17) is 0 Å². The fraction of sp³-hybridized carbons (Fsp3) is 0.368. The third-order valence-electron chi connectivity index (χ3n) is 4.00. The molecule has 0 bridgehead atoms. The molecule has 0 aliphatic heterocycles. The number of nitrogens with one attached hydrogen (secondary N) is 1. The average Bonchev–Trinajstić information content (AvgIpc) is 2.48. The fourth-order valence-corrected chi connectivity index (χ4v) is 3.59. The van der Waals surface area contributed by atoms with E-state index in [1.54, 1.807) is 36.4 Å². The van der Waals surface area contributed by atoms with Crippen LogP contribution in [0.2, 0.25) is 0 Å². The molecule has 0 amide bonds. The van der Waals surface area contributed by atoms with Crippen LogP contribution in [0.5, 0.6) is 5.75 Å². The molecule has 0 atom stereocenters. The molecule has 2 aromatic rings. The van der Waals surface area contributed by atoms with Crippen LogP contribution in [-0.4, -0.2) is 13.5 Å². The van der Waals surface area contributed by atoms with E-state index in [-0.39, 0.29) is 22.5 Å². The van der Waals surface area contributed by atoms with Crippen LogP contribution in [0.25, 0.3) is 0 Å². The van der Waals surface area contributed by atoms with E-state index in [1.165, 1.54) is 0 Å². The van der Waals surface area contributed by atoms with E-state index in [0.29, 0.717) is 5.69 Å². The molecule has 0 radical (unpaired) electrons. The van der Waals surface area contributed by atoms with E-state index in [9.17, 15) is 13.5 Å². The second-order valence-electron chi connectivity index (χ2n) is 6.73. The van der Waals surface area contributed by atoms with E-state index in [1.807, 2.05) is 34.6 Å². The number of aromatic hydroxyl groups is 1. The number of phenols is 1. The highest BCUT2D eigenvalue weighted by Gasteiger charge is 2.19. The predicted octanol–water partition coefficient (Wildman–Crippen LogP) is 4.75. The molecule has 2 rings (SSSR count). The molecule has 4 nitrogen and oxygen atoms in total. The lowest BCUT2D eigenvalue weighted by atomic mass is 9.93. The Morgan fingerprint density at radius 3 is 1.79 bits per heavy atom. The second kappa shape index (κ2) is 6.85. The summed E-state index contributed by atoms with van der Waals surface area (Å²) in [6, 6.07) is 10.1. The Labute approximate surface area is 144 Å². The van der Waals surface area contributed by atoms with Crippen LogP contribution in [0, 0.1) is 6.92 Å². The molecule has 0 spiro atoms. The maximum absolute atomic E-state index is 12.6. The van der Waals surface area contributed by atoms with Crippen molar-refractivity contribution in [1.82, 2.24) is 0 Å². The van der Waals surface area contributed by atoms with Crippen molar-refractivity contribution in [3.8, 4) is 5.75 Å². The lowest BCUT2D eigenvalue weighted by molar-refractivity contribution is 0.454. The minimum atomic E-state index is -3.66. The van der Waals surface area contributed by atoms with E-state index in [2.05, 4.69) is 4.72 Å². The van der Waals surface area contributed by atoms with Crippen LogP contribution < -0.4 is 4.72 Å². The molecule has 5 heteroatoms. The molecular weight excluding hydrogens is 322 g/mol. The zero-order valence-corrected chi connectivity index (χ0v) is 15.6. The zero-order valence-electron chi connectivity index (χ0n) is 14.8. The van der Waals surface area contributed by atoms with Gasteiger partial charge in [-0.25, -0.2) is 8.42 Å². The quantitative estimate of drug-likeness (QED) is 0.767. The van der Waals surface area contributed by atoms with Gasteiger partial charge >= 0.3 is 0 Å². The van der Waals surface area contributed by atoms with Crippen LogP contribution in [-0.2, 0) is 10.0 Å². The summed E-state index contributed by atoms with van der Waals surface area (Å²) in [5.41, 5.74) is 2.95. The van der Waals surface area contributed by atoms with Crippen LogP contribution in [0.15, 0.2) is 41.3 Å². The van der Waals surface area contributed by atoms with Gasteiger partial charge in [0.1, 0.15) is 5.75 Å². The maximum atomic E-state index is 12.6. The molecule has 0 aliphatic rings. The highest BCUT2D eigenvalue weighted by atomic mass is 32.2. The third kappa shape index (κ3) is 3.90. The van der Waals surface area contributed by atoms with Crippen molar-refractivity contribution in [2.75, 3.05) is 4.72 Å². The summed E-state index contributed by atoms with van der Waals surface area (Å²) >= 11 is 0. The van der Waals surface area contributed by atoms with Crippen molar-refractivity contribution >= 4 is 15.7 Å². The summed E-state index contributed by atoms with van der Waals surface area (Å²) < 4.78 is 27.8. The summed E-state index contributed by atoms with van der Waals surface area (Å²) in [6.45, 7) is 9.79. The summed E-state index contributed by atoms with van der Waals surface area (Å²) in [5, 5.41) is 10.4. The molecule has 2 N–H and O–H groups in total. The topological polar surface area (TPSA) is 66.4 Å². The first-order valence-corrected chi connectivity index (χ1v) is 9.56. The van der Waals surface area contributed by atoms with Gasteiger partial charge in [0.2, 0.25) is 0 Å². The van der Waals surface area contributed by atoms with Crippen molar-refractivity contribution in [3.63, 3.8) is 0 Å². The Kier molecular flexibility index (Phi) is 5.23. The Morgan fingerprint density at radius 1 is 0.917 bits per heavy atom. The number of anilines is 1. The van der Waals surface area contributed by atoms with Crippen molar-refractivity contribution in [1.29, 1.82) is 0 Å². The Bertz CT molecular complexity index is 793.